The number of nitrogens with zero attached hydrogens (tertiary/aromatic N) is 12. The number of nitrogens with two attached hydrogens (primary N) is 3. The topological polar surface area (TPSA) is 251 Å². The van der Waals surface area contributed by atoms with Crippen LogP contribution in [0, 0.1) is 22.7 Å². The number of hydrogen-bond donors (Lipinski definition) is 6. The van der Waals surface area contributed by atoms with Gasteiger partial charge in [0.1, 0.15) is 28.8 Å². The van der Waals surface area contributed by atoms with Crippen LogP contribution < -0.4 is 31.9 Å². The second-order valence-electron chi connectivity index (χ2n) is 23.5. The molecule has 12 heterocycles. The Hall–Kier alpha value is -8.04. The molecule has 474 valence electrons. The Labute approximate surface area is 504 Å². The molecule has 12 rings (SSSR count). The van der Waals surface area contributed by atoms with E-state index >= 15 is 0 Å². The number of aromatic amines is 3. The van der Waals surface area contributed by atoms with Crippen LogP contribution >= 0.6 is 0 Å². The Balaban J connectivity index is 0.000000290. The summed E-state index contributed by atoms with van der Waals surface area (Å²) in [4.78, 5) is 31.6. The molecule has 87 heavy (non-hydrogen) atoms. The lowest BCUT2D eigenvalue weighted by atomic mass is 9.69. The van der Waals surface area contributed by atoms with Crippen LogP contribution in [0.4, 0.5) is 57.0 Å². The number of fused-ring (bicyclic) bond motifs is 3. The highest BCUT2D eigenvalue weighted by molar-refractivity contribution is 5.92. The van der Waals surface area contributed by atoms with Crippen molar-refractivity contribution in [2.75, 3.05) is 60.5 Å². The van der Waals surface area contributed by atoms with Crippen LogP contribution in [0.2, 0.25) is 0 Å². The predicted octanol–water partition coefficient (Wildman–Crippen LogP) is 13.3. The van der Waals surface area contributed by atoms with Gasteiger partial charge in [-0.1, -0.05) is 41.0 Å². The lowest BCUT2D eigenvalue weighted by Crippen LogP contribution is -2.56. The minimum absolute atomic E-state index is 0. The van der Waals surface area contributed by atoms with Crippen LogP contribution in [0.25, 0.3) is 67.3 Å². The lowest BCUT2D eigenvalue weighted by molar-refractivity contribution is -0.138. The number of anilines is 3. The van der Waals surface area contributed by atoms with Crippen LogP contribution in [0.5, 0.6) is 0 Å². The van der Waals surface area contributed by atoms with E-state index in [9.17, 15) is 39.5 Å². The van der Waals surface area contributed by atoms with Crippen molar-refractivity contribution in [3.63, 3.8) is 0 Å². The first-order valence-electron chi connectivity index (χ1n) is 28.9. The average Bonchev–Trinajstić information content (AvgIpc) is 1.77. The van der Waals surface area contributed by atoms with Crippen molar-refractivity contribution < 1.29 is 48.1 Å². The van der Waals surface area contributed by atoms with Crippen LogP contribution in [0.15, 0.2) is 91.4 Å². The van der Waals surface area contributed by atoms with Gasteiger partial charge >= 0.3 is 18.5 Å². The van der Waals surface area contributed by atoms with Gasteiger partial charge in [0.15, 0.2) is 16.9 Å². The van der Waals surface area contributed by atoms with Crippen LogP contribution in [-0.4, -0.2) is 118 Å². The molecule has 27 heteroatoms. The number of H-pyrrole nitrogens is 3. The van der Waals surface area contributed by atoms with E-state index in [1.54, 1.807) is 59.9 Å². The fourth-order valence-electron chi connectivity index (χ4n) is 12.3. The first kappa shape index (κ1) is 62.0. The third kappa shape index (κ3) is 13.0. The summed E-state index contributed by atoms with van der Waals surface area (Å²) in [5.41, 5.74) is 17.8. The Morgan fingerprint density at radius 2 is 1.09 bits per heavy atom. The number of hydrogen-bond acceptors (Lipinski definition) is 15. The molecule has 0 amide bonds. The molecule has 9 aromatic rings. The normalized spacial score (nSPS) is 20.4. The summed E-state index contributed by atoms with van der Waals surface area (Å²) in [6, 6.07) is 17.5. The molecule has 4 unspecified atom stereocenters. The van der Waals surface area contributed by atoms with E-state index in [0.717, 1.165) is 62.8 Å². The van der Waals surface area contributed by atoms with Gasteiger partial charge in [-0.05, 0) is 117 Å². The van der Waals surface area contributed by atoms with E-state index in [-0.39, 0.29) is 65.9 Å². The fraction of sp³-hybridized carbons (Fsp3) is 0.450. The quantitative estimate of drug-likeness (QED) is 0.0622. The summed E-state index contributed by atoms with van der Waals surface area (Å²) in [6.45, 7) is 15.1. The zero-order chi connectivity index (χ0) is 62.2. The molecule has 0 radical (unpaired) electrons. The van der Waals surface area contributed by atoms with Gasteiger partial charge in [-0.25, -0.2) is 29.9 Å². The summed E-state index contributed by atoms with van der Waals surface area (Å²) in [5, 5.41) is 22.0. The molecule has 3 aliphatic rings. The lowest BCUT2D eigenvalue weighted by Gasteiger charge is -2.48. The zero-order valence-electron chi connectivity index (χ0n) is 48.7. The summed E-state index contributed by atoms with van der Waals surface area (Å²) in [6.07, 6.45) is -3.50. The van der Waals surface area contributed by atoms with Gasteiger partial charge in [-0.15, -0.1) is 0 Å². The van der Waals surface area contributed by atoms with Crippen LogP contribution in [0.1, 0.15) is 98.4 Å². The molecular weight excluding hydrogens is 1140 g/mol. The number of piperidine rings is 2. The maximum absolute atomic E-state index is 13.9. The Morgan fingerprint density at radius 1 is 0.609 bits per heavy atom. The highest BCUT2D eigenvalue weighted by Gasteiger charge is 2.44. The zero-order valence-corrected chi connectivity index (χ0v) is 48.7. The fourth-order valence-corrected chi connectivity index (χ4v) is 12.3. The summed E-state index contributed by atoms with van der Waals surface area (Å²) >= 11 is 0. The predicted molar refractivity (Wildman–Crippen MR) is 329 cm³/mol. The van der Waals surface area contributed by atoms with E-state index in [1.165, 1.54) is 12.1 Å². The first-order chi connectivity index (χ1) is 41.3. The van der Waals surface area contributed by atoms with Crippen molar-refractivity contribution in [3.05, 3.63) is 108 Å². The van der Waals surface area contributed by atoms with Gasteiger partial charge in [-0.2, -0.15) is 54.8 Å². The van der Waals surface area contributed by atoms with Crippen LogP contribution in [0.3, 0.4) is 0 Å². The minimum Gasteiger partial charge on any atom is -0.356 e. The first-order valence-corrected chi connectivity index (χ1v) is 28.9. The number of rotatable bonds is 12. The minimum atomic E-state index is -4.55. The molecule has 3 saturated heterocycles. The van der Waals surface area contributed by atoms with Gasteiger partial charge in [0.25, 0.3) is 0 Å². The number of halogens is 9. The van der Waals surface area contributed by atoms with Crippen molar-refractivity contribution in [1.82, 2.24) is 60.5 Å². The number of pyridine rings is 6. The SMILES string of the molecule is CCC1(CC(C)C)CN(c2ccc(C(F)(F)F)c(-c3[nH]nc4ncccc34)n2)CCC1N.CCCC1(C)CN(c2ccc(C(F)(F)F)c(-c3[nH]nc4ncccc34)n2)CCC1N.NCC1CN(c2cc(C(F)(F)F)cc(-c3[nH]nc4ncccc34)n2)C1.[HH].[HH].[HH].[HH].[HH].[HH]. The van der Waals surface area contributed by atoms with Crippen molar-refractivity contribution in [3.8, 4) is 34.2 Å². The number of nitrogens with one attached hydrogen (secondary N) is 3. The van der Waals surface area contributed by atoms with E-state index in [2.05, 4.69) is 100 Å². The summed E-state index contributed by atoms with van der Waals surface area (Å²) in [7, 11) is 0. The summed E-state index contributed by atoms with van der Waals surface area (Å²) in [5.74, 6) is 2.09. The van der Waals surface area contributed by atoms with Crippen molar-refractivity contribution in [1.29, 1.82) is 0 Å². The standard InChI is InChI=1S/C23H29F3N6.C21H25F3N6.C16H15F3N6.6H2/c1-4-22(12-14(2)3)13-32(11-9-17(22)27)18-8-7-16(23(24,25)26)20(29-18)19-15-6-5-10-28-21(15)31-30-19;1-3-9-20(2)12-30(11-8-15(20)25)16-7-6-14(21(22,23)24)18(27-16)17-13-5-4-10-26-19(13)29-28-17;17-16(18,19)10-4-12(14-11-2-1-3-21-15(11)24-23-14)22-13(5-10)25-7-9(6-20)8-25;;;;;;/h5-8,10,14,17H,4,9,11-13,27H2,1-3H3,(H,28,30,31);4-7,10,15H,3,8-9,11-12,25H2,1-2H3,(H,26,28,29);1-5,9H,6-8,20H2,(H,21,23,24);6*1H. The molecular formula is C60H81F9N18. The van der Waals surface area contributed by atoms with Gasteiger partial charge in [0, 0.05) is 111 Å². The third-order valence-electron chi connectivity index (χ3n) is 17.0. The average molecular weight is 1230 g/mol. The van der Waals surface area contributed by atoms with Crippen molar-refractivity contribution >= 4 is 50.6 Å². The smallest absolute Gasteiger partial charge is 0.356 e. The van der Waals surface area contributed by atoms with Crippen molar-refractivity contribution in [2.45, 2.75) is 104 Å². The van der Waals surface area contributed by atoms with Crippen molar-refractivity contribution in [2.24, 2.45) is 39.9 Å². The van der Waals surface area contributed by atoms with Crippen LogP contribution in [-0.2, 0) is 18.5 Å². The maximum atomic E-state index is 13.9. The van der Waals surface area contributed by atoms with E-state index < -0.39 is 35.2 Å². The largest absolute Gasteiger partial charge is 0.418 e. The highest BCUT2D eigenvalue weighted by atomic mass is 19.4. The Morgan fingerprint density at radius 3 is 1.55 bits per heavy atom. The van der Waals surface area contributed by atoms with E-state index in [1.807, 2.05) is 4.90 Å². The monoisotopic (exact) mass is 1220 g/mol. The number of alkyl halides is 9. The van der Waals surface area contributed by atoms with Gasteiger partial charge in [0.05, 0.1) is 39.5 Å². The molecule has 18 nitrogen and oxygen atoms in total. The Kier molecular flexibility index (Phi) is 17.5. The van der Waals surface area contributed by atoms with E-state index in [0.29, 0.717) is 108 Å². The molecule has 0 aromatic carbocycles. The molecule has 0 bridgehead atoms. The van der Waals surface area contributed by atoms with E-state index in [4.69, 9.17) is 17.2 Å². The second kappa shape index (κ2) is 24.6. The molecule has 0 spiro atoms. The molecule has 3 aliphatic heterocycles. The summed E-state index contributed by atoms with van der Waals surface area (Å²) < 4.78 is 123. The Bertz CT molecular complexity index is 3860. The second-order valence-corrected chi connectivity index (χ2v) is 23.5. The number of aromatic nitrogens is 12. The molecule has 0 saturated carbocycles. The van der Waals surface area contributed by atoms with Gasteiger partial charge in [-0.3, -0.25) is 15.3 Å². The molecule has 9 N–H and O–H groups in total. The third-order valence-corrected chi connectivity index (χ3v) is 17.0. The highest BCUT2D eigenvalue weighted by Crippen LogP contribution is 2.45. The molecule has 4 atom stereocenters. The molecule has 9 aromatic heterocycles. The molecule has 3 fully saturated rings. The van der Waals surface area contributed by atoms with Gasteiger partial charge in [0.2, 0.25) is 0 Å². The maximum Gasteiger partial charge on any atom is 0.418 e. The van der Waals surface area contributed by atoms with Gasteiger partial charge < -0.3 is 31.9 Å². The molecule has 0 aliphatic carbocycles.